The normalized spacial score (nSPS) is 12.1. The maximum Gasteiger partial charge on any atom is 0.220 e. The Kier molecular flexibility index (Phi) is 5.11. The zero-order valence-corrected chi connectivity index (χ0v) is 12.4. The van der Waals surface area contributed by atoms with Crippen molar-refractivity contribution in [2.75, 3.05) is 6.61 Å². The number of aromatic nitrogens is 2. The number of aryl methyl sites for hydroxylation is 3. The highest BCUT2D eigenvalue weighted by Gasteiger charge is 2.14. The number of aliphatic hydroxyl groups is 1. The first-order valence-corrected chi connectivity index (χ1v) is 7.04. The lowest BCUT2D eigenvalue weighted by Crippen LogP contribution is -2.30. The Labute approximate surface area is 124 Å². The largest absolute Gasteiger partial charge is 0.394 e. The predicted octanol–water partition coefficient (Wildman–Crippen LogP) is 1.51. The molecule has 0 fully saturated rings. The fourth-order valence-corrected chi connectivity index (χ4v) is 2.33. The second-order valence-electron chi connectivity index (χ2n) is 5.13. The van der Waals surface area contributed by atoms with Crippen LogP contribution in [0.15, 0.2) is 36.5 Å². The molecule has 112 valence electrons. The van der Waals surface area contributed by atoms with E-state index in [2.05, 4.69) is 10.4 Å². The molecule has 2 aromatic rings. The van der Waals surface area contributed by atoms with Gasteiger partial charge in [-0.15, -0.1) is 0 Å². The number of carbonyl (C=O) groups is 1. The quantitative estimate of drug-likeness (QED) is 0.846. The summed E-state index contributed by atoms with van der Waals surface area (Å²) in [5, 5.41) is 16.6. The van der Waals surface area contributed by atoms with Crippen molar-refractivity contribution in [1.82, 2.24) is 15.1 Å². The SMILES string of the molecule is Cc1nn(C)cc1CCC(=O)N[C@H](CO)c1ccccc1. The van der Waals surface area contributed by atoms with E-state index in [1.165, 1.54) is 0 Å². The molecule has 21 heavy (non-hydrogen) atoms. The molecule has 1 heterocycles. The predicted molar refractivity (Wildman–Crippen MR) is 80.7 cm³/mol. The van der Waals surface area contributed by atoms with Gasteiger partial charge in [0, 0.05) is 19.7 Å². The smallest absolute Gasteiger partial charge is 0.220 e. The molecule has 0 radical (unpaired) electrons. The Hall–Kier alpha value is -2.14. The minimum absolute atomic E-state index is 0.0684. The molecule has 0 aliphatic carbocycles. The summed E-state index contributed by atoms with van der Waals surface area (Å²) in [6.07, 6.45) is 2.97. The molecule has 0 bridgehead atoms. The van der Waals surface area contributed by atoms with Crippen molar-refractivity contribution in [3.63, 3.8) is 0 Å². The molecule has 2 rings (SSSR count). The number of hydrogen-bond donors (Lipinski definition) is 2. The molecule has 2 N–H and O–H groups in total. The summed E-state index contributed by atoms with van der Waals surface area (Å²) in [6.45, 7) is 1.83. The number of hydrogen-bond acceptors (Lipinski definition) is 3. The fourth-order valence-electron chi connectivity index (χ4n) is 2.33. The number of nitrogens with zero attached hydrogens (tertiary/aromatic N) is 2. The molecule has 0 spiro atoms. The third-order valence-corrected chi connectivity index (χ3v) is 3.46. The molecule has 5 heteroatoms. The highest BCUT2D eigenvalue weighted by Crippen LogP contribution is 2.13. The van der Waals surface area contributed by atoms with Crippen LogP contribution < -0.4 is 5.32 Å². The topological polar surface area (TPSA) is 67.2 Å². The number of aliphatic hydroxyl groups excluding tert-OH is 1. The van der Waals surface area contributed by atoms with Crippen LogP contribution in [0.3, 0.4) is 0 Å². The van der Waals surface area contributed by atoms with Crippen LogP contribution in [0.2, 0.25) is 0 Å². The van der Waals surface area contributed by atoms with Gasteiger partial charge in [-0.3, -0.25) is 9.48 Å². The maximum atomic E-state index is 12.0. The van der Waals surface area contributed by atoms with Gasteiger partial charge in [-0.1, -0.05) is 30.3 Å². The zero-order valence-electron chi connectivity index (χ0n) is 12.4. The van der Waals surface area contributed by atoms with Crippen molar-refractivity contribution in [1.29, 1.82) is 0 Å². The van der Waals surface area contributed by atoms with Crippen LogP contribution in [0.25, 0.3) is 0 Å². The Bertz CT molecular complexity index is 593. The Morgan fingerprint density at radius 3 is 2.67 bits per heavy atom. The van der Waals surface area contributed by atoms with Crippen molar-refractivity contribution in [3.05, 3.63) is 53.3 Å². The standard InChI is InChI=1S/C16H21N3O2/c1-12-14(10-19(2)18-12)8-9-16(21)17-15(11-20)13-6-4-3-5-7-13/h3-7,10,15,20H,8-9,11H2,1-2H3,(H,17,21)/t15-/m1/s1. The van der Waals surface area contributed by atoms with E-state index in [1.807, 2.05) is 50.5 Å². The van der Waals surface area contributed by atoms with Gasteiger partial charge in [-0.25, -0.2) is 0 Å². The van der Waals surface area contributed by atoms with Crippen LogP contribution in [0.5, 0.6) is 0 Å². The first kappa shape index (κ1) is 15.3. The first-order valence-electron chi connectivity index (χ1n) is 7.04. The third-order valence-electron chi connectivity index (χ3n) is 3.46. The van der Waals surface area contributed by atoms with E-state index in [1.54, 1.807) is 4.68 Å². The lowest BCUT2D eigenvalue weighted by atomic mass is 10.1. The van der Waals surface area contributed by atoms with Gasteiger partial charge >= 0.3 is 0 Å². The Morgan fingerprint density at radius 2 is 2.10 bits per heavy atom. The number of rotatable bonds is 6. The lowest BCUT2D eigenvalue weighted by molar-refractivity contribution is -0.122. The van der Waals surface area contributed by atoms with Crippen molar-refractivity contribution in [2.24, 2.45) is 7.05 Å². The van der Waals surface area contributed by atoms with Gasteiger partial charge in [0.25, 0.3) is 0 Å². The maximum absolute atomic E-state index is 12.0. The molecular weight excluding hydrogens is 266 g/mol. The fraction of sp³-hybridized carbons (Fsp3) is 0.375. The van der Waals surface area contributed by atoms with Crippen LogP contribution in [0, 0.1) is 6.92 Å². The van der Waals surface area contributed by atoms with Crippen molar-refractivity contribution in [3.8, 4) is 0 Å². The number of amides is 1. The third kappa shape index (κ3) is 4.16. The monoisotopic (exact) mass is 287 g/mol. The van der Waals surface area contributed by atoms with Gasteiger partial charge in [0.15, 0.2) is 0 Å². The van der Waals surface area contributed by atoms with E-state index in [9.17, 15) is 9.90 Å². The molecule has 1 aromatic heterocycles. The summed E-state index contributed by atoms with van der Waals surface area (Å²) in [7, 11) is 1.87. The number of nitrogens with one attached hydrogen (secondary N) is 1. The molecule has 0 saturated carbocycles. The van der Waals surface area contributed by atoms with E-state index >= 15 is 0 Å². The van der Waals surface area contributed by atoms with E-state index in [0.29, 0.717) is 12.8 Å². The minimum Gasteiger partial charge on any atom is -0.394 e. The molecule has 1 amide bonds. The molecule has 5 nitrogen and oxygen atoms in total. The van der Waals surface area contributed by atoms with E-state index in [-0.39, 0.29) is 18.6 Å². The number of benzene rings is 1. The van der Waals surface area contributed by atoms with Gasteiger partial charge in [-0.05, 0) is 24.5 Å². The van der Waals surface area contributed by atoms with Gasteiger partial charge in [0.2, 0.25) is 5.91 Å². The summed E-state index contributed by atoms with van der Waals surface area (Å²) in [5.41, 5.74) is 2.94. The summed E-state index contributed by atoms with van der Waals surface area (Å²) >= 11 is 0. The number of carbonyl (C=O) groups excluding carboxylic acids is 1. The molecule has 0 saturated heterocycles. The lowest BCUT2D eigenvalue weighted by Gasteiger charge is -2.16. The molecule has 0 aliphatic rings. The molecule has 0 unspecified atom stereocenters. The van der Waals surface area contributed by atoms with Gasteiger partial charge < -0.3 is 10.4 Å². The van der Waals surface area contributed by atoms with Gasteiger partial charge in [-0.2, -0.15) is 5.10 Å². The van der Waals surface area contributed by atoms with Crippen LogP contribution in [0.4, 0.5) is 0 Å². The minimum atomic E-state index is -0.353. The highest BCUT2D eigenvalue weighted by molar-refractivity contribution is 5.76. The Balaban J connectivity index is 1.90. The first-order chi connectivity index (χ1) is 10.1. The molecule has 0 aliphatic heterocycles. The summed E-state index contributed by atoms with van der Waals surface area (Å²) in [4.78, 5) is 12.0. The summed E-state index contributed by atoms with van der Waals surface area (Å²) in [6, 6.07) is 9.13. The molecule has 1 aromatic carbocycles. The zero-order chi connectivity index (χ0) is 15.2. The highest BCUT2D eigenvalue weighted by atomic mass is 16.3. The van der Waals surface area contributed by atoms with Crippen LogP contribution in [-0.2, 0) is 18.3 Å². The van der Waals surface area contributed by atoms with E-state index in [4.69, 9.17) is 0 Å². The average Bonchev–Trinajstić information content (AvgIpc) is 2.81. The van der Waals surface area contributed by atoms with Crippen molar-refractivity contribution < 1.29 is 9.90 Å². The van der Waals surface area contributed by atoms with Crippen LogP contribution in [0.1, 0.15) is 29.3 Å². The van der Waals surface area contributed by atoms with Crippen molar-refractivity contribution >= 4 is 5.91 Å². The molecular formula is C16H21N3O2. The van der Waals surface area contributed by atoms with Crippen molar-refractivity contribution in [2.45, 2.75) is 25.8 Å². The van der Waals surface area contributed by atoms with E-state index < -0.39 is 0 Å². The second-order valence-corrected chi connectivity index (χ2v) is 5.13. The van der Waals surface area contributed by atoms with E-state index in [0.717, 1.165) is 16.8 Å². The average molecular weight is 287 g/mol. The summed E-state index contributed by atoms with van der Waals surface area (Å²) in [5.74, 6) is -0.0684. The summed E-state index contributed by atoms with van der Waals surface area (Å²) < 4.78 is 1.75. The molecule has 1 atom stereocenters. The van der Waals surface area contributed by atoms with Crippen LogP contribution >= 0.6 is 0 Å². The second kappa shape index (κ2) is 7.04. The Morgan fingerprint density at radius 1 is 1.38 bits per heavy atom. The van der Waals surface area contributed by atoms with Crippen LogP contribution in [-0.4, -0.2) is 27.4 Å². The van der Waals surface area contributed by atoms with Gasteiger partial charge in [0.1, 0.15) is 0 Å². The van der Waals surface area contributed by atoms with Gasteiger partial charge in [0.05, 0.1) is 18.3 Å².